The van der Waals surface area contributed by atoms with Crippen LogP contribution >= 0.6 is 0 Å². The van der Waals surface area contributed by atoms with Gasteiger partial charge in [-0.15, -0.1) is 0 Å². The zero-order valence-electron chi connectivity index (χ0n) is 31.3. The molecule has 284 valence electrons. The maximum atomic E-state index is 6.76. The van der Waals surface area contributed by atoms with Crippen molar-refractivity contribution in [2.24, 2.45) is 0 Å². The molecule has 0 saturated carbocycles. The predicted octanol–water partition coefficient (Wildman–Crippen LogP) is 8.82. The van der Waals surface area contributed by atoms with Gasteiger partial charge < -0.3 is 37.9 Å². The van der Waals surface area contributed by atoms with E-state index in [1.54, 1.807) is 0 Å². The molecule has 0 fully saturated rings. The van der Waals surface area contributed by atoms with Crippen LogP contribution in [-0.2, 0) is 25.7 Å². The first-order valence-corrected chi connectivity index (χ1v) is 19.4. The van der Waals surface area contributed by atoms with Gasteiger partial charge in [0.15, 0.2) is 23.0 Å². The summed E-state index contributed by atoms with van der Waals surface area (Å²) < 4.78 is 52.1. The molecule has 0 saturated heterocycles. The molecular weight excluding hydrogens is 705 g/mol. The second-order valence-corrected chi connectivity index (χ2v) is 14.0. The number of hydrogen-bond acceptors (Lipinski definition) is 8. The first-order chi connectivity index (χ1) is 27.8. The van der Waals surface area contributed by atoms with Crippen molar-refractivity contribution >= 4 is 0 Å². The van der Waals surface area contributed by atoms with Gasteiger partial charge in [0, 0.05) is 25.7 Å². The lowest BCUT2D eigenvalue weighted by Gasteiger charge is -2.22. The van der Waals surface area contributed by atoms with E-state index in [0.717, 1.165) is 67.5 Å². The lowest BCUT2D eigenvalue weighted by Crippen LogP contribution is -2.13. The largest absolute Gasteiger partial charge is 0.489 e. The first-order valence-electron chi connectivity index (χ1n) is 19.4. The zero-order chi connectivity index (χ0) is 37.5. The molecule has 11 rings (SSSR count). The second kappa shape index (κ2) is 16.6. The summed E-state index contributed by atoms with van der Waals surface area (Å²) in [6.07, 6.45) is 2.37. The smallest absolute Gasteiger partial charge is 0.161 e. The fraction of sp³-hybridized carbons (Fsp3) is 0.250. The molecule has 56 heavy (non-hydrogen) atoms. The van der Waals surface area contributed by atoms with Crippen LogP contribution in [0, 0.1) is 0 Å². The Morgan fingerprint density at radius 2 is 0.411 bits per heavy atom. The van der Waals surface area contributed by atoms with E-state index in [1.807, 2.05) is 48.5 Å². The molecule has 6 aromatic rings. The minimum Gasteiger partial charge on any atom is -0.489 e. The highest BCUT2D eigenvalue weighted by Crippen LogP contribution is 2.39. The quantitative estimate of drug-likeness (QED) is 0.153. The Kier molecular flexibility index (Phi) is 10.5. The third-order valence-corrected chi connectivity index (χ3v) is 10.3. The van der Waals surface area contributed by atoms with Crippen molar-refractivity contribution in [1.82, 2.24) is 0 Å². The molecule has 1 aliphatic carbocycles. The fourth-order valence-corrected chi connectivity index (χ4v) is 7.79. The molecule has 0 atom stereocenters. The molecule has 4 heterocycles. The van der Waals surface area contributed by atoms with E-state index in [1.165, 1.54) is 0 Å². The van der Waals surface area contributed by atoms with Gasteiger partial charge in [0.25, 0.3) is 0 Å². The molecule has 0 N–H and O–H groups in total. The van der Waals surface area contributed by atoms with Crippen molar-refractivity contribution in [3.8, 4) is 46.0 Å². The SMILES string of the molecule is c1cc2c3c(c1)Cc1cccc4c1OCCOc1ccccc1OCCOc1c(cccc1Cc1cccc(c1OCCOc1ccccc1OCCO3)C4)C2. The molecule has 8 heteroatoms. The van der Waals surface area contributed by atoms with Gasteiger partial charge in [0.1, 0.15) is 75.9 Å². The van der Waals surface area contributed by atoms with Gasteiger partial charge in [-0.05, 0) is 68.8 Å². The van der Waals surface area contributed by atoms with Crippen molar-refractivity contribution < 1.29 is 37.9 Å². The van der Waals surface area contributed by atoms with E-state index in [-0.39, 0.29) is 0 Å². The molecular formula is C48H44O8. The van der Waals surface area contributed by atoms with Crippen molar-refractivity contribution in [1.29, 1.82) is 0 Å². The van der Waals surface area contributed by atoms with Crippen LogP contribution in [0.15, 0.2) is 121 Å². The van der Waals surface area contributed by atoms with Crippen LogP contribution in [-0.4, -0.2) is 52.9 Å². The van der Waals surface area contributed by atoms with Gasteiger partial charge >= 0.3 is 0 Å². The number of ether oxygens (including phenoxy) is 8. The minimum atomic E-state index is 0.331. The number of hydrogen-bond donors (Lipinski definition) is 0. The Morgan fingerprint density at radius 1 is 0.214 bits per heavy atom. The Hall–Kier alpha value is -6.28. The van der Waals surface area contributed by atoms with Crippen molar-refractivity contribution in [2.45, 2.75) is 25.7 Å². The van der Waals surface area contributed by atoms with Crippen molar-refractivity contribution in [3.05, 3.63) is 166 Å². The van der Waals surface area contributed by atoms with Crippen LogP contribution < -0.4 is 37.9 Å². The monoisotopic (exact) mass is 748 g/mol. The van der Waals surface area contributed by atoms with Gasteiger partial charge in [-0.3, -0.25) is 0 Å². The average molecular weight is 749 g/mol. The van der Waals surface area contributed by atoms with E-state index in [4.69, 9.17) is 37.9 Å². The summed E-state index contributed by atoms with van der Waals surface area (Å²) >= 11 is 0. The average Bonchev–Trinajstić information content (AvgIpc) is 3.21. The number of rotatable bonds is 0. The molecule has 4 aliphatic heterocycles. The van der Waals surface area contributed by atoms with Gasteiger partial charge in [0.2, 0.25) is 0 Å². The molecule has 0 aromatic heterocycles. The molecule has 0 radical (unpaired) electrons. The number of benzene rings is 6. The highest BCUT2D eigenvalue weighted by Gasteiger charge is 2.22. The molecule has 6 aromatic carbocycles. The van der Waals surface area contributed by atoms with Crippen molar-refractivity contribution in [2.75, 3.05) is 52.9 Å². The molecule has 0 spiro atoms. The standard InChI is InChI=1S/C48H44O8/c1-2-18-42-41(17-1)49-21-25-53-45-33-9-5-10-34(45)30-38-14-8-16-40-32-36-12-6-11-35(46(36)54-26-22-50-42)31-39-15-7-13-37(29-33)47(39)55-27-23-51-43-19-3-4-20-44(43)52-24-28-56-48(38)40/h1-20H,21-32H2. The Balaban J connectivity index is 1.24. The molecule has 0 unspecified atom stereocenters. The van der Waals surface area contributed by atoms with Crippen LogP contribution in [0.25, 0.3) is 0 Å². The summed E-state index contributed by atoms with van der Waals surface area (Å²) in [4.78, 5) is 0. The van der Waals surface area contributed by atoms with Gasteiger partial charge in [0.05, 0.1) is 0 Å². The minimum absolute atomic E-state index is 0.331. The fourth-order valence-electron chi connectivity index (χ4n) is 7.79. The summed E-state index contributed by atoms with van der Waals surface area (Å²) in [7, 11) is 0. The van der Waals surface area contributed by atoms with E-state index >= 15 is 0 Å². The Labute approximate surface area is 327 Å². The van der Waals surface area contributed by atoms with Crippen LogP contribution in [0.1, 0.15) is 44.5 Å². The van der Waals surface area contributed by atoms with Gasteiger partial charge in [-0.1, -0.05) is 97.1 Å². The highest BCUT2D eigenvalue weighted by atomic mass is 16.6. The first kappa shape index (κ1) is 35.4. The third-order valence-electron chi connectivity index (χ3n) is 10.3. The highest BCUT2D eigenvalue weighted by molar-refractivity contribution is 5.56. The third kappa shape index (κ3) is 7.78. The summed E-state index contributed by atoms with van der Waals surface area (Å²) in [5, 5.41) is 0. The van der Waals surface area contributed by atoms with E-state index in [2.05, 4.69) is 72.8 Å². The predicted molar refractivity (Wildman–Crippen MR) is 214 cm³/mol. The number of fused-ring (bicyclic) bond motifs is 12. The zero-order valence-corrected chi connectivity index (χ0v) is 31.3. The summed E-state index contributed by atoms with van der Waals surface area (Å²) in [6.45, 7) is 2.66. The topological polar surface area (TPSA) is 73.8 Å². The van der Waals surface area contributed by atoms with Gasteiger partial charge in [-0.2, -0.15) is 0 Å². The van der Waals surface area contributed by atoms with Crippen molar-refractivity contribution in [3.63, 3.8) is 0 Å². The maximum Gasteiger partial charge on any atom is 0.161 e. The Morgan fingerprint density at radius 3 is 0.625 bits per heavy atom. The van der Waals surface area contributed by atoms with Crippen LogP contribution in [0.3, 0.4) is 0 Å². The summed E-state index contributed by atoms with van der Waals surface area (Å²) in [5.41, 5.74) is 8.44. The lowest BCUT2D eigenvalue weighted by atomic mass is 9.91. The van der Waals surface area contributed by atoms with Crippen LogP contribution in [0.2, 0.25) is 0 Å². The summed E-state index contributed by atoms with van der Waals surface area (Å²) in [6, 6.07) is 41.1. The molecule has 8 nitrogen and oxygen atoms in total. The molecule has 0 amide bonds. The van der Waals surface area contributed by atoms with Crippen LogP contribution in [0.4, 0.5) is 0 Å². The maximum absolute atomic E-state index is 6.76. The van der Waals surface area contributed by atoms with Crippen LogP contribution in [0.5, 0.6) is 46.0 Å². The summed E-state index contributed by atoms with van der Waals surface area (Å²) in [5.74, 6) is 5.99. The molecule has 5 aliphatic rings. The van der Waals surface area contributed by atoms with E-state index in [0.29, 0.717) is 102 Å². The Bertz CT molecular complexity index is 1910. The second-order valence-electron chi connectivity index (χ2n) is 14.0. The lowest BCUT2D eigenvalue weighted by molar-refractivity contribution is 0.190. The van der Waals surface area contributed by atoms with Gasteiger partial charge in [-0.25, -0.2) is 0 Å². The van der Waals surface area contributed by atoms with E-state index in [9.17, 15) is 0 Å². The normalized spacial score (nSPS) is 15.4. The molecule has 12 bridgehead atoms. The number of para-hydroxylation sites is 8. The van der Waals surface area contributed by atoms with E-state index < -0.39 is 0 Å².